The van der Waals surface area contributed by atoms with Crippen LogP contribution >= 0.6 is 11.6 Å². The first-order chi connectivity index (χ1) is 9.80. The minimum absolute atomic E-state index is 0.114. The third-order valence-corrected chi connectivity index (χ3v) is 4.84. The lowest BCUT2D eigenvalue weighted by Gasteiger charge is -2.39. The molecule has 1 aromatic carbocycles. The topological polar surface area (TPSA) is 40.5 Å². The largest absolute Gasteiger partial charge is 0.481 e. The van der Waals surface area contributed by atoms with Crippen molar-refractivity contribution in [2.45, 2.75) is 33.2 Å². The number of hydrogen-bond donors (Lipinski definition) is 1. The number of carboxylic acids is 1. The molecule has 0 saturated carbocycles. The van der Waals surface area contributed by atoms with E-state index in [2.05, 4.69) is 4.90 Å². The summed E-state index contributed by atoms with van der Waals surface area (Å²) in [6.07, 6.45) is 1.90. The van der Waals surface area contributed by atoms with Gasteiger partial charge in [0, 0.05) is 18.1 Å². The molecule has 1 fully saturated rings. The van der Waals surface area contributed by atoms with Crippen molar-refractivity contribution < 1.29 is 14.3 Å². The highest BCUT2D eigenvalue weighted by Crippen LogP contribution is 2.35. The summed E-state index contributed by atoms with van der Waals surface area (Å²) in [7, 11) is 0. The number of carbonyl (C=O) groups is 1. The summed E-state index contributed by atoms with van der Waals surface area (Å²) in [5.74, 6) is -0.982. The molecular weight excluding hydrogens is 293 g/mol. The Morgan fingerprint density at radius 2 is 2.24 bits per heavy atom. The van der Waals surface area contributed by atoms with E-state index in [0.717, 1.165) is 31.5 Å². The van der Waals surface area contributed by atoms with Crippen LogP contribution in [0.15, 0.2) is 18.2 Å². The standard InChI is InChI=1S/C16H21ClFNO2/c1-16(2,15(20)21)12-4-3-7-19(10-12)9-11-5-6-13(18)8-14(11)17/h5-6,8,12H,3-4,7,9-10H2,1-2H3,(H,20,21). The van der Waals surface area contributed by atoms with Gasteiger partial charge in [-0.2, -0.15) is 0 Å². The van der Waals surface area contributed by atoms with Gasteiger partial charge in [-0.1, -0.05) is 17.7 Å². The molecule has 1 heterocycles. The van der Waals surface area contributed by atoms with E-state index in [1.807, 2.05) is 0 Å². The third-order valence-electron chi connectivity index (χ3n) is 4.49. The fourth-order valence-corrected chi connectivity index (χ4v) is 3.08. The Hall–Kier alpha value is -1.13. The average molecular weight is 314 g/mol. The first-order valence-electron chi connectivity index (χ1n) is 7.20. The van der Waals surface area contributed by atoms with Crippen LogP contribution in [0.1, 0.15) is 32.3 Å². The highest BCUT2D eigenvalue weighted by Gasteiger charge is 2.39. The molecule has 1 atom stereocenters. The van der Waals surface area contributed by atoms with Gasteiger partial charge >= 0.3 is 5.97 Å². The predicted molar refractivity (Wildman–Crippen MR) is 80.8 cm³/mol. The summed E-state index contributed by atoms with van der Waals surface area (Å²) in [5.41, 5.74) is 0.150. The normalized spacial score (nSPS) is 20.5. The molecule has 1 unspecified atom stereocenters. The number of likely N-dealkylation sites (tertiary alicyclic amines) is 1. The number of hydrogen-bond acceptors (Lipinski definition) is 2. The van der Waals surface area contributed by atoms with Gasteiger partial charge in [0.05, 0.1) is 5.41 Å². The Bertz CT molecular complexity index is 533. The van der Waals surface area contributed by atoms with Crippen LogP contribution in [0.25, 0.3) is 0 Å². The molecule has 0 radical (unpaired) electrons. The lowest BCUT2D eigenvalue weighted by atomic mass is 9.74. The Morgan fingerprint density at radius 1 is 1.52 bits per heavy atom. The molecule has 1 saturated heterocycles. The van der Waals surface area contributed by atoms with Gasteiger partial charge in [0.1, 0.15) is 5.82 Å². The van der Waals surface area contributed by atoms with E-state index in [9.17, 15) is 14.3 Å². The minimum Gasteiger partial charge on any atom is -0.481 e. The second-order valence-electron chi connectivity index (χ2n) is 6.34. The number of halogens is 2. The Balaban J connectivity index is 2.06. The first kappa shape index (κ1) is 16.2. The van der Waals surface area contributed by atoms with Crippen LogP contribution in [0.5, 0.6) is 0 Å². The smallest absolute Gasteiger partial charge is 0.309 e. The van der Waals surface area contributed by atoms with Crippen molar-refractivity contribution in [1.82, 2.24) is 4.90 Å². The predicted octanol–water partition coefficient (Wildman–Crippen LogP) is 3.80. The van der Waals surface area contributed by atoms with Crippen LogP contribution in [0.3, 0.4) is 0 Å². The molecule has 0 bridgehead atoms. The molecule has 0 amide bonds. The van der Waals surface area contributed by atoms with Crippen LogP contribution in [0.4, 0.5) is 4.39 Å². The summed E-state index contributed by atoms with van der Waals surface area (Å²) in [5, 5.41) is 9.79. The second kappa shape index (κ2) is 6.32. The van der Waals surface area contributed by atoms with Crippen molar-refractivity contribution in [3.05, 3.63) is 34.6 Å². The van der Waals surface area contributed by atoms with Crippen molar-refractivity contribution >= 4 is 17.6 Å². The van der Waals surface area contributed by atoms with Crippen LogP contribution in [-0.2, 0) is 11.3 Å². The second-order valence-corrected chi connectivity index (χ2v) is 6.74. The fourth-order valence-electron chi connectivity index (χ4n) is 2.85. The lowest BCUT2D eigenvalue weighted by Crippen LogP contribution is -2.44. The van der Waals surface area contributed by atoms with E-state index in [1.165, 1.54) is 12.1 Å². The van der Waals surface area contributed by atoms with Gasteiger partial charge < -0.3 is 5.11 Å². The van der Waals surface area contributed by atoms with Gasteiger partial charge in [0.15, 0.2) is 0 Å². The van der Waals surface area contributed by atoms with E-state index < -0.39 is 11.4 Å². The van der Waals surface area contributed by atoms with Gasteiger partial charge in [-0.25, -0.2) is 4.39 Å². The maximum atomic E-state index is 13.1. The zero-order valence-corrected chi connectivity index (χ0v) is 13.2. The van der Waals surface area contributed by atoms with Gasteiger partial charge in [0.25, 0.3) is 0 Å². The summed E-state index contributed by atoms with van der Waals surface area (Å²) >= 11 is 6.06. The molecule has 1 N–H and O–H groups in total. The minimum atomic E-state index is -0.755. The van der Waals surface area contributed by atoms with Crippen molar-refractivity contribution in [1.29, 1.82) is 0 Å². The molecule has 0 aromatic heterocycles. The first-order valence-corrected chi connectivity index (χ1v) is 7.58. The van der Waals surface area contributed by atoms with Crippen LogP contribution < -0.4 is 0 Å². The van der Waals surface area contributed by atoms with E-state index in [0.29, 0.717) is 11.6 Å². The van der Waals surface area contributed by atoms with Gasteiger partial charge in [-0.3, -0.25) is 9.69 Å². The highest BCUT2D eigenvalue weighted by atomic mass is 35.5. The summed E-state index contributed by atoms with van der Waals surface area (Å²) in [6.45, 7) is 5.85. The molecule has 0 spiro atoms. The summed E-state index contributed by atoms with van der Waals surface area (Å²) in [4.78, 5) is 13.6. The Labute approximate surface area is 129 Å². The number of benzene rings is 1. The Morgan fingerprint density at radius 3 is 2.86 bits per heavy atom. The van der Waals surface area contributed by atoms with Crippen LogP contribution in [-0.4, -0.2) is 29.1 Å². The van der Waals surface area contributed by atoms with E-state index in [1.54, 1.807) is 19.9 Å². The summed E-state index contributed by atoms with van der Waals surface area (Å²) < 4.78 is 13.1. The van der Waals surface area contributed by atoms with E-state index in [-0.39, 0.29) is 11.7 Å². The molecule has 0 aliphatic carbocycles. The number of piperidine rings is 1. The number of aliphatic carboxylic acids is 1. The van der Waals surface area contributed by atoms with Crippen molar-refractivity contribution in [2.75, 3.05) is 13.1 Å². The third kappa shape index (κ3) is 3.74. The van der Waals surface area contributed by atoms with Crippen molar-refractivity contribution in [3.8, 4) is 0 Å². The zero-order valence-electron chi connectivity index (χ0n) is 12.4. The average Bonchev–Trinajstić information content (AvgIpc) is 2.42. The molecule has 21 heavy (non-hydrogen) atoms. The van der Waals surface area contributed by atoms with Crippen LogP contribution in [0.2, 0.25) is 5.02 Å². The quantitative estimate of drug-likeness (QED) is 0.919. The fraction of sp³-hybridized carbons (Fsp3) is 0.562. The Kier molecular flexibility index (Phi) is 4.89. The van der Waals surface area contributed by atoms with Crippen LogP contribution in [0, 0.1) is 17.2 Å². The molecular formula is C16H21ClFNO2. The van der Waals surface area contributed by atoms with E-state index in [4.69, 9.17) is 11.6 Å². The number of nitrogens with zero attached hydrogens (tertiary/aromatic N) is 1. The van der Waals surface area contributed by atoms with Crippen molar-refractivity contribution in [3.63, 3.8) is 0 Å². The monoisotopic (exact) mass is 313 g/mol. The zero-order chi connectivity index (χ0) is 15.6. The lowest BCUT2D eigenvalue weighted by molar-refractivity contribution is -0.151. The summed E-state index contributed by atoms with van der Waals surface area (Å²) in [6, 6.07) is 4.42. The number of carboxylic acid groups (broad SMARTS) is 1. The molecule has 5 heteroatoms. The maximum absolute atomic E-state index is 13.1. The van der Waals surface area contributed by atoms with E-state index >= 15 is 0 Å². The van der Waals surface area contributed by atoms with Gasteiger partial charge in [-0.15, -0.1) is 0 Å². The van der Waals surface area contributed by atoms with Crippen molar-refractivity contribution in [2.24, 2.45) is 11.3 Å². The molecule has 2 rings (SSSR count). The molecule has 1 aliphatic heterocycles. The van der Waals surface area contributed by atoms with Gasteiger partial charge in [0.2, 0.25) is 0 Å². The molecule has 116 valence electrons. The molecule has 1 aromatic rings. The van der Waals surface area contributed by atoms with Gasteiger partial charge in [-0.05, 0) is 56.8 Å². The SMILES string of the molecule is CC(C)(C(=O)O)C1CCCN(Cc2ccc(F)cc2Cl)C1. The highest BCUT2D eigenvalue weighted by molar-refractivity contribution is 6.31. The molecule has 1 aliphatic rings. The maximum Gasteiger partial charge on any atom is 0.309 e. The molecule has 3 nitrogen and oxygen atoms in total. The number of rotatable bonds is 4.